The lowest BCUT2D eigenvalue weighted by molar-refractivity contribution is -0.148. The maximum Gasteiger partial charge on any atom is 0.419 e. The van der Waals surface area contributed by atoms with Gasteiger partial charge in [0.05, 0.1) is 47.7 Å². The molecular weight excluding hydrogens is 631 g/mol. The summed E-state index contributed by atoms with van der Waals surface area (Å²) >= 11 is 0.947. The van der Waals surface area contributed by atoms with Gasteiger partial charge in [-0.2, -0.15) is 13.2 Å². The summed E-state index contributed by atoms with van der Waals surface area (Å²) in [5.41, 5.74) is -0.824. The van der Waals surface area contributed by atoms with Gasteiger partial charge in [-0.3, -0.25) is 19.7 Å². The molecule has 1 fully saturated rings. The third-order valence-electron chi connectivity index (χ3n) is 6.94. The lowest BCUT2D eigenvalue weighted by atomic mass is 9.97. The molecule has 1 N–H and O–H groups in total. The zero-order valence-corrected chi connectivity index (χ0v) is 26.3. The molecule has 1 saturated heterocycles. The smallest absolute Gasteiger partial charge is 0.419 e. The van der Waals surface area contributed by atoms with Gasteiger partial charge in [0.25, 0.3) is 5.91 Å². The number of piperidine rings is 1. The number of hydrogen-bond acceptors (Lipinski definition) is 12. The number of aromatic nitrogens is 3. The Balaban J connectivity index is 1.50. The van der Waals surface area contributed by atoms with Crippen LogP contribution in [-0.4, -0.2) is 72.8 Å². The fourth-order valence-corrected chi connectivity index (χ4v) is 5.57. The van der Waals surface area contributed by atoms with Crippen molar-refractivity contribution in [2.24, 2.45) is 5.92 Å². The monoisotopic (exact) mass is 665 g/mol. The number of nitrogens with one attached hydrogen (secondary N) is 1. The summed E-state index contributed by atoms with van der Waals surface area (Å²) in [6, 6.07) is 3.52. The van der Waals surface area contributed by atoms with E-state index in [0.717, 1.165) is 17.4 Å². The molecule has 1 amide bonds. The Bertz CT molecular complexity index is 1510. The fraction of sp³-hybridized carbons (Fsp3) is 0.467. The molecule has 1 aliphatic rings. The maximum absolute atomic E-state index is 14.0. The zero-order chi connectivity index (χ0) is 33.3. The van der Waals surface area contributed by atoms with Crippen molar-refractivity contribution < 1.29 is 46.5 Å². The van der Waals surface area contributed by atoms with Crippen molar-refractivity contribution in [1.82, 2.24) is 15.0 Å². The minimum absolute atomic E-state index is 0.0159. The van der Waals surface area contributed by atoms with Crippen molar-refractivity contribution in [3.8, 4) is 17.0 Å². The summed E-state index contributed by atoms with van der Waals surface area (Å²) in [5.74, 6) is -1.41. The van der Waals surface area contributed by atoms with Crippen LogP contribution in [0.5, 0.6) is 5.75 Å². The van der Waals surface area contributed by atoms with E-state index in [4.69, 9.17) is 18.9 Å². The molecule has 0 unspecified atom stereocenters. The molecule has 3 aromatic rings. The Labute approximate surface area is 267 Å². The highest BCUT2D eigenvalue weighted by atomic mass is 32.1. The molecule has 1 aliphatic heterocycles. The van der Waals surface area contributed by atoms with E-state index in [1.165, 1.54) is 38.6 Å². The number of carbonyl (C=O) groups is 3. The Hall–Kier alpha value is -4.31. The standard InChI is InChI=1S/C30H34F3N5O7S/c1-4-43-28(41)19-8-10-38(11-9-19)25-16-34-22(15-35-25)27(40)37-29-36-26(24(46-29)17-45-18(2)39)20-6-7-23(44-13-5-12-42-3)21(14-20)30(31,32)33/h6-7,14-16,19H,4-5,8-13,17H2,1-3H3,(H,36,37,40). The molecule has 248 valence electrons. The van der Waals surface area contributed by atoms with Crippen LogP contribution in [0.1, 0.15) is 54.0 Å². The van der Waals surface area contributed by atoms with Gasteiger partial charge in [-0.1, -0.05) is 11.3 Å². The van der Waals surface area contributed by atoms with Crippen molar-refractivity contribution in [2.75, 3.05) is 50.2 Å². The van der Waals surface area contributed by atoms with E-state index < -0.39 is 23.6 Å². The molecule has 2 aromatic heterocycles. The second-order valence-corrected chi connectivity index (χ2v) is 11.3. The summed E-state index contributed by atoms with van der Waals surface area (Å²) in [6.45, 7) is 4.55. The second kappa shape index (κ2) is 15.8. The van der Waals surface area contributed by atoms with Crippen molar-refractivity contribution >= 4 is 40.1 Å². The SMILES string of the molecule is CCOC(=O)C1CCN(c2cnc(C(=O)Nc3nc(-c4ccc(OCCCOC)c(C(F)(F)F)c4)c(COC(C)=O)s3)cn2)CC1. The first-order valence-electron chi connectivity index (χ1n) is 14.5. The average Bonchev–Trinajstić information content (AvgIpc) is 3.44. The molecule has 0 spiro atoms. The van der Waals surface area contributed by atoms with Crippen LogP contribution in [0.15, 0.2) is 30.6 Å². The number of thiazole rings is 1. The van der Waals surface area contributed by atoms with Crippen LogP contribution in [0.3, 0.4) is 0 Å². The summed E-state index contributed by atoms with van der Waals surface area (Å²) in [6.07, 6.45) is -0.343. The molecule has 46 heavy (non-hydrogen) atoms. The molecule has 0 bridgehead atoms. The van der Waals surface area contributed by atoms with E-state index in [9.17, 15) is 27.6 Å². The van der Waals surface area contributed by atoms with E-state index in [0.29, 0.717) is 56.3 Å². The number of amides is 1. The molecule has 1 aromatic carbocycles. The molecule has 0 aliphatic carbocycles. The number of ether oxygens (including phenoxy) is 4. The third kappa shape index (κ3) is 9.13. The Kier molecular flexibility index (Phi) is 11.9. The molecule has 12 nitrogen and oxygen atoms in total. The Morgan fingerprint density at radius 1 is 1.09 bits per heavy atom. The first kappa shape index (κ1) is 34.6. The highest BCUT2D eigenvalue weighted by molar-refractivity contribution is 7.16. The minimum Gasteiger partial charge on any atom is -0.493 e. The number of nitrogens with zero attached hydrogens (tertiary/aromatic N) is 4. The van der Waals surface area contributed by atoms with Gasteiger partial charge in [-0.15, -0.1) is 0 Å². The van der Waals surface area contributed by atoms with Crippen LogP contribution in [0.2, 0.25) is 0 Å². The largest absolute Gasteiger partial charge is 0.493 e. The van der Waals surface area contributed by atoms with Gasteiger partial charge < -0.3 is 23.8 Å². The number of esters is 2. The van der Waals surface area contributed by atoms with Crippen molar-refractivity contribution in [3.05, 3.63) is 46.7 Å². The van der Waals surface area contributed by atoms with E-state index in [1.54, 1.807) is 6.92 Å². The topological polar surface area (TPSA) is 142 Å². The lowest BCUT2D eigenvalue weighted by Crippen LogP contribution is -2.37. The first-order chi connectivity index (χ1) is 22.0. The van der Waals surface area contributed by atoms with Gasteiger partial charge in [0.1, 0.15) is 23.9 Å². The average molecular weight is 666 g/mol. The predicted octanol–water partition coefficient (Wildman–Crippen LogP) is 5.13. The van der Waals surface area contributed by atoms with Crippen LogP contribution in [0.25, 0.3) is 11.3 Å². The van der Waals surface area contributed by atoms with Gasteiger partial charge >= 0.3 is 18.1 Å². The van der Waals surface area contributed by atoms with Crippen LogP contribution >= 0.6 is 11.3 Å². The highest BCUT2D eigenvalue weighted by Gasteiger charge is 2.35. The first-order valence-corrected chi connectivity index (χ1v) is 15.3. The van der Waals surface area contributed by atoms with E-state index in [-0.39, 0.29) is 52.9 Å². The Morgan fingerprint density at radius 2 is 1.85 bits per heavy atom. The number of methoxy groups -OCH3 is 1. The Morgan fingerprint density at radius 3 is 2.48 bits per heavy atom. The molecule has 0 radical (unpaired) electrons. The van der Waals surface area contributed by atoms with E-state index in [1.807, 2.05) is 4.90 Å². The van der Waals surface area contributed by atoms with Crippen molar-refractivity contribution in [2.45, 2.75) is 45.9 Å². The van der Waals surface area contributed by atoms with E-state index in [2.05, 4.69) is 20.3 Å². The number of hydrogen-bond donors (Lipinski definition) is 1. The van der Waals surface area contributed by atoms with Gasteiger partial charge in [0, 0.05) is 45.7 Å². The summed E-state index contributed by atoms with van der Waals surface area (Å²) < 4.78 is 62.4. The minimum atomic E-state index is -4.72. The number of carbonyl (C=O) groups excluding carboxylic acids is 3. The van der Waals surface area contributed by atoms with Crippen LogP contribution in [0.4, 0.5) is 24.1 Å². The maximum atomic E-state index is 14.0. The molecule has 0 saturated carbocycles. The van der Waals surface area contributed by atoms with Gasteiger partial charge in [0.15, 0.2) is 5.13 Å². The summed E-state index contributed by atoms with van der Waals surface area (Å²) in [5, 5.41) is 2.66. The predicted molar refractivity (Wildman–Crippen MR) is 162 cm³/mol. The van der Waals surface area contributed by atoms with Gasteiger partial charge in [0.2, 0.25) is 0 Å². The normalized spacial score (nSPS) is 13.7. The zero-order valence-electron chi connectivity index (χ0n) is 25.5. The number of anilines is 2. The summed E-state index contributed by atoms with van der Waals surface area (Å²) in [7, 11) is 1.48. The number of halogens is 3. The van der Waals surface area contributed by atoms with Crippen LogP contribution in [-0.2, 0) is 36.6 Å². The van der Waals surface area contributed by atoms with Gasteiger partial charge in [-0.25, -0.2) is 15.0 Å². The van der Waals surface area contributed by atoms with Crippen molar-refractivity contribution in [3.63, 3.8) is 0 Å². The van der Waals surface area contributed by atoms with Crippen LogP contribution in [0, 0.1) is 5.92 Å². The van der Waals surface area contributed by atoms with Crippen LogP contribution < -0.4 is 15.0 Å². The molecular formula is C30H34F3N5O7S. The summed E-state index contributed by atoms with van der Waals surface area (Å²) in [4.78, 5) is 51.7. The quantitative estimate of drug-likeness (QED) is 0.192. The van der Waals surface area contributed by atoms with E-state index >= 15 is 0 Å². The highest BCUT2D eigenvalue weighted by Crippen LogP contribution is 2.41. The van der Waals surface area contributed by atoms with Gasteiger partial charge in [-0.05, 0) is 38.0 Å². The molecule has 0 atom stereocenters. The fourth-order valence-electron chi connectivity index (χ4n) is 4.67. The second-order valence-electron chi connectivity index (χ2n) is 10.2. The lowest BCUT2D eigenvalue weighted by Gasteiger charge is -2.31. The number of rotatable bonds is 13. The third-order valence-corrected chi connectivity index (χ3v) is 7.89. The number of alkyl halides is 3. The molecule has 3 heterocycles. The molecule has 4 rings (SSSR count). The molecule has 16 heteroatoms. The van der Waals surface area contributed by atoms with Crippen molar-refractivity contribution in [1.29, 1.82) is 0 Å². The number of benzene rings is 1.